The summed E-state index contributed by atoms with van der Waals surface area (Å²) in [5.41, 5.74) is 2.46. The quantitative estimate of drug-likeness (QED) is 0.595. The van der Waals surface area contributed by atoms with Crippen LogP contribution in [0.1, 0.15) is 5.56 Å². The van der Waals surface area contributed by atoms with Crippen molar-refractivity contribution in [3.63, 3.8) is 0 Å². The first kappa shape index (κ1) is 18.9. The molecule has 0 amide bonds. The molecule has 2 saturated heterocycles. The first-order valence-corrected chi connectivity index (χ1v) is 9.83. The zero-order valence-corrected chi connectivity index (χ0v) is 16.2. The first-order chi connectivity index (χ1) is 14.7. The SMILES string of the molecule is N#Cc1cnn2cc(OCCN3CC4OCCOC4C3)cc(-c3ccc(F)nc3)c12. The van der Waals surface area contributed by atoms with Crippen molar-refractivity contribution in [2.45, 2.75) is 12.2 Å². The zero-order chi connectivity index (χ0) is 20.5. The Hall–Kier alpha value is -3.06. The van der Waals surface area contributed by atoms with Gasteiger partial charge in [-0.3, -0.25) is 4.90 Å². The van der Waals surface area contributed by atoms with E-state index in [-0.39, 0.29) is 12.2 Å². The predicted octanol–water partition coefficient (Wildman–Crippen LogP) is 1.89. The summed E-state index contributed by atoms with van der Waals surface area (Å²) in [5, 5.41) is 13.7. The predicted molar refractivity (Wildman–Crippen MR) is 105 cm³/mol. The number of fused-ring (bicyclic) bond motifs is 2. The Morgan fingerprint density at radius 1 is 1.20 bits per heavy atom. The molecule has 9 heteroatoms. The zero-order valence-electron chi connectivity index (χ0n) is 16.2. The Kier molecular flexibility index (Phi) is 5.04. The van der Waals surface area contributed by atoms with Crippen LogP contribution in [-0.4, -0.2) is 71.2 Å². The van der Waals surface area contributed by atoms with Crippen LogP contribution in [0.2, 0.25) is 0 Å². The van der Waals surface area contributed by atoms with Gasteiger partial charge in [-0.25, -0.2) is 9.50 Å². The number of likely N-dealkylation sites (tertiary alicyclic amines) is 1. The molecule has 2 unspecified atom stereocenters. The molecular formula is C21H20FN5O3. The highest BCUT2D eigenvalue weighted by Crippen LogP contribution is 2.30. The van der Waals surface area contributed by atoms with Gasteiger partial charge in [0, 0.05) is 37.0 Å². The number of halogens is 1. The van der Waals surface area contributed by atoms with Gasteiger partial charge in [0.15, 0.2) is 0 Å². The molecule has 0 aromatic carbocycles. The van der Waals surface area contributed by atoms with Gasteiger partial charge in [-0.1, -0.05) is 0 Å². The maximum absolute atomic E-state index is 13.3. The van der Waals surface area contributed by atoms with Gasteiger partial charge in [-0.2, -0.15) is 14.8 Å². The third kappa shape index (κ3) is 3.61. The molecular weight excluding hydrogens is 389 g/mol. The lowest BCUT2D eigenvalue weighted by atomic mass is 10.1. The van der Waals surface area contributed by atoms with Gasteiger partial charge in [0.05, 0.1) is 48.9 Å². The number of hydrogen-bond acceptors (Lipinski definition) is 7. The third-order valence-electron chi connectivity index (χ3n) is 5.46. The van der Waals surface area contributed by atoms with Crippen molar-refractivity contribution in [2.24, 2.45) is 0 Å². The van der Waals surface area contributed by atoms with E-state index in [4.69, 9.17) is 14.2 Å². The summed E-state index contributed by atoms with van der Waals surface area (Å²) in [6.07, 6.45) is 4.97. The molecule has 2 aliphatic heterocycles. The second kappa shape index (κ2) is 7.99. The summed E-state index contributed by atoms with van der Waals surface area (Å²) < 4.78 is 32.4. The largest absolute Gasteiger partial charge is 0.491 e. The van der Waals surface area contributed by atoms with E-state index in [2.05, 4.69) is 21.1 Å². The molecule has 3 aromatic rings. The Morgan fingerprint density at radius 3 is 2.70 bits per heavy atom. The summed E-state index contributed by atoms with van der Waals surface area (Å²) in [6.45, 7) is 4.21. The number of aromatic nitrogens is 3. The molecule has 0 N–H and O–H groups in total. The van der Waals surface area contributed by atoms with Crippen LogP contribution < -0.4 is 4.74 Å². The van der Waals surface area contributed by atoms with Gasteiger partial charge in [0.2, 0.25) is 5.95 Å². The van der Waals surface area contributed by atoms with E-state index in [0.29, 0.717) is 47.8 Å². The van der Waals surface area contributed by atoms with E-state index in [1.165, 1.54) is 18.5 Å². The average Bonchev–Trinajstić information content (AvgIpc) is 3.37. The minimum Gasteiger partial charge on any atom is -0.491 e. The molecule has 0 aliphatic carbocycles. The minimum absolute atomic E-state index is 0.140. The lowest BCUT2D eigenvalue weighted by Gasteiger charge is -2.24. The molecule has 5 heterocycles. The summed E-state index contributed by atoms with van der Waals surface area (Å²) in [5.74, 6) is 0.0499. The van der Waals surface area contributed by atoms with Crippen LogP contribution in [-0.2, 0) is 9.47 Å². The second-order valence-electron chi connectivity index (χ2n) is 7.35. The fourth-order valence-electron chi connectivity index (χ4n) is 4.03. The highest BCUT2D eigenvalue weighted by molar-refractivity contribution is 5.84. The molecule has 3 aromatic heterocycles. The molecule has 0 saturated carbocycles. The number of hydrogen-bond donors (Lipinski definition) is 0. The highest BCUT2D eigenvalue weighted by Gasteiger charge is 2.36. The molecule has 2 fully saturated rings. The molecule has 0 bridgehead atoms. The van der Waals surface area contributed by atoms with Crippen LogP contribution in [0.4, 0.5) is 4.39 Å². The summed E-state index contributed by atoms with van der Waals surface area (Å²) in [6, 6.07) is 6.90. The number of ether oxygens (including phenoxy) is 3. The number of pyridine rings is 2. The van der Waals surface area contributed by atoms with E-state index in [1.54, 1.807) is 16.8 Å². The fraction of sp³-hybridized carbons (Fsp3) is 0.381. The van der Waals surface area contributed by atoms with Crippen molar-refractivity contribution >= 4 is 5.52 Å². The summed E-state index contributed by atoms with van der Waals surface area (Å²) in [7, 11) is 0. The van der Waals surface area contributed by atoms with Crippen molar-refractivity contribution < 1.29 is 18.6 Å². The average molecular weight is 409 g/mol. The molecule has 0 radical (unpaired) electrons. The minimum atomic E-state index is -0.560. The summed E-state index contributed by atoms with van der Waals surface area (Å²) >= 11 is 0. The van der Waals surface area contributed by atoms with Gasteiger partial charge in [0.1, 0.15) is 18.4 Å². The molecule has 0 spiro atoms. The Labute approximate surface area is 172 Å². The van der Waals surface area contributed by atoms with Crippen LogP contribution in [0.3, 0.4) is 0 Å². The van der Waals surface area contributed by atoms with Crippen molar-refractivity contribution in [3.05, 3.63) is 48.3 Å². The van der Waals surface area contributed by atoms with Gasteiger partial charge < -0.3 is 14.2 Å². The van der Waals surface area contributed by atoms with Gasteiger partial charge >= 0.3 is 0 Å². The molecule has 2 aliphatic rings. The van der Waals surface area contributed by atoms with Crippen molar-refractivity contribution in [3.8, 4) is 22.9 Å². The van der Waals surface area contributed by atoms with E-state index in [1.807, 2.05) is 6.07 Å². The molecule has 154 valence electrons. The number of nitriles is 1. The van der Waals surface area contributed by atoms with Crippen LogP contribution >= 0.6 is 0 Å². The maximum Gasteiger partial charge on any atom is 0.212 e. The Morgan fingerprint density at radius 2 is 2.00 bits per heavy atom. The second-order valence-corrected chi connectivity index (χ2v) is 7.35. The van der Waals surface area contributed by atoms with E-state index in [0.717, 1.165) is 19.6 Å². The van der Waals surface area contributed by atoms with Crippen LogP contribution in [0.5, 0.6) is 5.75 Å². The van der Waals surface area contributed by atoms with Gasteiger partial charge in [0.25, 0.3) is 0 Å². The van der Waals surface area contributed by atoms with E-state index >= 15 is 0 Å². The normalized spacial score (nSPS) is 21.5. The third-order valence-corrected chi connectivity index (χ3v) is 5.46. The number of rotatable bonds is 5. The van der Waals surface area contributed by atoms with Crippen LogP contribution in [0.25, 0.3) is 16.6 Å². The van der Waals surface area contributed by atoms with Crippen LogP contribution in [0, 0.1) is 17.3 Å². The molecule has 5 rings (SSSR count). The van der Waals surface area contributed by atoms with E-state index in [9.17, 15) is 9.65 Å². The maximum atomic E-state index is 13.3. The van der Waals surface area contributed by atoms with Crippen molar-refractivity contribution in [1.82, 2.24) is 19.5 Å². The summed E-state index contributed by atoms with van der Waals surface area (Å²) in [4.78, 5) is 6.00. The molecule has 8 nitrogen and oxygen atoms in total. The monoisotopic (exact) mass is 409 g/mol. The van der Waals surface area contributed by atoms with E-state index < -0.39 is 5.95 Å². The lowest BCUT2D eigenvalue weighted by Crippen LogP contribution is -2.36. The van der Waals surface area contributed by atoms with Crippen molar-refractivity contribution in [1.29, 1.82) is 5.26 Å². The molecule has 2 atom stereocenters. The highest BCUT2D eigenvalue weighted by atomic mass is 19.1. The first-order valence-electron chi connectivity index (χ1n) is 9.83. The molecule has 30 heavy (non-hydrogen) atoms. The van der Waals surface area contributed by atoms with Crippen LogP contribution in [0.15, 0.2) is 36.8 Å². The Balaban J connectivity index is 1.35. The number of nitrogens with zero attached hydrogens (tertiary/aromatic N) is 5. The smallest absolute Gasteiger partial charge is 0.212 e. The van der Waals surface area contributed by atoms with Gasteiger partial charge in [-0.15, -0.1) is 0 Å². The van der Waals surface area contributed by atoms with Crippen molar-refractivity contribution in [2.75, 3.05) is 39.5 Å². The topological polar surface area (TPSA) is 84.9 Å². The lowest BCUT2D eigenvalue weighted by molar-refractivity contribution is -0.116. The Bertz CT molecular complexity index is 1080. The standard InChI is InChI=1S/C21H20FN5O3/c22-20-2-1-14(9-24-20)17-7-16(11-27-21(17)15(8-23)10-25-27)28-4-3-26-12-18-19(13-26)30-6-5-29-18/h1-2,7,9-11,18-19H,3-6,12-13H2. The fourth-order valence-corrected chi connectivity index (χ4v) is 4.03. The van der Waals surface area contributed by atoms with Gasteiger partial charge in [-0.05, 0) is 18.2 Å².